The Balaban J connectivity index is 0.00000312. The van der Waals surface area contributed by atoms with E-state index in [9.17, 15) is 4.79 Å². The molecule has 0 bridgehead atoms. The van der Waals surface area contributed by atoms with Crippen LogP contribution >= 0.6 is 24.0 Å². The van der Waals surface area contributed by atoms with Crippen molar-refractivity contribution in [1.82, 2.24) is 15.5 Å². The fraction of sp³-hybridized carbons (Fsp3) is 0.895. The van der Waals surface area contributed by atoms with Crippen molar-refractivity contribution in [2.24, 2.45) is 16.3 Å². The number of guanidine groups is 1. The van der Waals surface area contributed by atoms with E-state index >= 15 is 0 Å². The fourth-order valence-electron chi connectivity index (χ4n) is 3.87. The van der Waals surface area contributed by atoms with Gasteiger partial charge < -0.3 is 15.5 Å². The van der Waals surface area contributed by atoms with E-state index < -0.39 is 0 Å². The molecular weight excluding hydrogens is 427 g/mol. The number of nitrogens with zero attached hydrogens (tertiary/aromatic N) is 2. The van der Waals surface area contributed by atoms with Gasteiger partial charge in [0.05, 0.1) is 0 Å². The number of halogens is 1. The average Bonchev–Trinajstić information content (AvgIpc) is 3.22. The highest BCUT2D eigenvalue weighted by Gasteiger charge is 2.32. The van der Waals surface area contributed by atoms with Gasteiger partial charge in [-0.2, -0.15) is 0 Å². The molecule has 0 saturated heterocycles. The second-order valence-corrected chi connectivity index (χ2v) is 8.40. The molecule has 0 unspecified atom stereocenters. The van der Waals surface area contributed by atoms with Crippen LogP contribution in [0.2, 0.25) is 0 Å². The normalized spacial score (nSPS) is 19.6. The van der Waals surface area contributed by atoms with Gasteiger partial charge in [0.25, 0.3) is 0 Å². The molecule has 2 fully saturated rings. The maximum absolute atomic E-state index is 11.9. The van der Waals surface area contributed by atoms with E-state index in [0.29, 0.717) is 6.04 Å². The van der Waals surface area contributed by atoms with Crippen molar-refractivity contribution in [2.75, 3.05) is 27.2 Å². The average molecular weight is 464 g/mol. The Labute approximate surface area is 170 Å². The number of hydrogen-bond donors (Lipinski definition) is 2. The molecule has 0 heterocycles. The van der Waals surface area contributed by atoms with Crippen molar-refractivity contribution in [3.8, 4) is 0 Å². The second-order valence-electron chi connectivity index (χ2n) is 8.40. The highest BCUT2D eigenvalue weighted by Crippen LogP contribution is 2.38. The van der Waals surface area contributed by atoms with Gasteiger partial charge in [-0.1, -0.05) is 39.5 Å². The van der Waals surface area contributed by atoms with E-state index in [0.717, 1.165) is 18.4 Å². The van der Waals surface area contributed by atoms with Gasteiger partial charge in [-0.05, 0) is 37.0 Å². The summed E-state index contributed by atoms with van der Waals surface area (Å²) in [7, 11) is 3.55. The summed E-state index contributed by atoms with van der Waals surface area (Å²) in [6.07, 6.45) is 10.4. The zero-order chi connectivity index (χ0) is 17.6. The van der Waals surface area contributed by atoms with Crippen molar-refractivity contribution >= 4 is 35.8 Å². The van der Waals surface area contributed by atoms with Crippen molar-refractivity contribution < 1.29 is 4.79 Å². The van der Waals surface area contributed by atoms with E-state index in [1.165, 1.54) is 51.4 Å². The molecule has 0 radical (unpaired) electrons. The summed E-state index contributed by atoms with van der Waals surface area (Å²) < 4.78 is 0. The van der Waals surface area contributed by atoms with Gasteiger partial charge in [0, 0.05) is 26.7 Å². The van der Waals surface area contributed by atoms with Crippen LogP contribution in [0.15, 0.2) is 4.99 Å². The molecule has 0 aromatic carbocycles. The summed E-state index contributed by atoms with van der Waals surface area (Å²) in [6.45, 7) is 5.83. The Bertz CT molecular complexity index is 439. The lowest BCUT2D eigenvalue weighted by atomic mass is 9.78. The Morgan fingerprint density at radius 2 is 1.64 bits per heavy atom. The smallest absolute Gasteiger partial charge is 0.243 e. The van der Waals surface area contributed by atoms with Gasteiger partial charge in [0.1, 0.15) is 6.54 Å². The van der Waals surface area contributed by atoms with Gasteiger partial charge in [-0.15, -0.1) is 24.0 Å². The summed E-state index contributed by atoms with van der Waals surface area (Å²) in [5, 5.41) is 7.07. The molecule has 6 heteroatoms. The van der Waals surface area contributed by atoms with E-state index in [1.807, 2.05) is 0 Å². The highest BCUT2D eigenvalue weighted by molar-refractivity contribution is 14.0. The largest absolute Gasteiger partial charge is 0.356 e. The maximum atomic E-state index is 11.9. The van der Waals surface area contributed by atoms with E-state index in [4.69, 9.17) is 0 Å². The van der Waals surface area contributed by atoms with E-state index in [2.05, 4.69) is 29.5 Å². The molecule has 2 aliphatic rings. The molecule has 2 saturated carbocycles. The van der Waals surface area contributed by atoms with Gasteiger partial charge >= 0.3 is 0 Å². The Morgan fingerprint density at radius 1 is 1.08 bits per heavy atom. The quantitative estimate of drug-likeness (QED) is 0.360. The van der Waals surface area contributed by atoms with Crippen LogP contribution in [0.3, 0.4) is 0 Å². The molecule has 2 N–H and O–H groups in total. The van der Waals surface area contributed by atoms with Crippen LogP contribution in [0.25, 0.3) is 0 Å². The summed E-state index contributed by atoms with van der Waals surface area (Å²) >= 11 is 0. The lowest BCUT2D eigenvalue weighted by Gasteiger charge is -2.33. The van der Waals surface area contributed by atoms with Gasteiger partial charge in [-0.25, -0.2) is 4.99 Å². The van der Waals surface area contributed by atoms with Gasteiger partial charge in [-0.3, -0.25) is 4.79 Å². The van der Waals surface area contributed by atoms with Crippen molar-refractivity contribution in [1.29, 1.82) is 0 Å². The first-order chi connectivity index (χ1) is 11.4. The lowest BCUT2D eigenvalue weighted by Crippen LogP contribution is -2.47. The summed E-state index contributed by atoms with van der Waals surface area (Å²) in [5.74, 6) is 1.64. The standard InChI is InChI=1S/C19H36N4O.HI/c1-19(2,15-9-5-6-10-15)14-21-18(20-13-17(24)23(3)4)22-16-11-7-8-12-16;/h15-16H,5-14H2,1-4H3,(H2,20,21,22);1H. The number of aliphatic imine (C=N–C) groups is 1. The Morgan fingerprint density at radius 3 is 2.20 bits per heavy atom. The van der Waals surface area contributed by atoms with Crippen LogP contribution in [0.5, 0.6) is 0 Å². The molecule has 1 amide bonds. The number of hydrogen-bond acceptors (Lipinski definition) is 2. The summed E-state index contributed by atoms with van der Waals surface area (Å²) in [6, 6.07) is 0.500. The zero-order valence-electron chi connectivity index (χ0n) is 16.4. The molecule has 146 valence electrons. The number of rotatable bonds is 6. The molecule has 0 aromatic rings. The molecular formula is C19H37IN4O. The zero-order valence-corrected chi connectivity index (χ0v) is 18.8. The third-order valence-electron chi connectivity index (χ3n) is 5.74. The molecule has 0 aliphatic heterocycles. The van der Waals surface area contributed by atoms with E-state index in [-0.39, 0.29) is 41.8 Å². The third-order valence-corrected chi connectivity index (χ3v) is 5.74. The molecule has 25 heavy (non-hydrogen) atoms. The van der Waals surface area contributed by atoms with Crippen molar-refractivity contribution in [3.63, 3.8) is 0 Å². The number of nitrogens with one attached hydrogen (secondary N) is 2. The van der Waals surface area contributed by atoms with Crippen LogP contribution in [0, 0.1) is 11.3 Å². The molecule has 2 aliphatic carbocycles. The summed E-state index contributed by atoms with van der Waals surface area (Å²) in [5.41, 5.74) is 0.264. The highest BCUT2D eigenvalue weighted by atomic mass is 127. The van der Waals surface area contributed by atoms with E-state index in [1.54, 1.807) is 19.0 Å². The van der Waals surface area contributed by atoms with Crippen LogP contribution < -0.4 is 10.6 Å². The first-order valence-electron chi connectivity index (χ1n) is 9.63. The Kier molecular flexibility index (Phi) is 9.52. The third kappa shape index (κ3) is 7.31. The second kappa shape index (κ2) is 10.6. The number of likely N-dealkylation sites (N-methyl/N-ethyl adjacent to an activating group) is 1. The molecule has 0 atom stereocenters. The Hall–Kier alpha value is -0.530. The summed E-state index contributed by atoms with van der Waals surface area (Å²) in [4.78, 5) is 18.0. The van der Waals surface area contributed by atoms with Crippen LogP contribution in [0.4, 0.5) is 0 Å². The molecule has 2 rings (SSSR count). The minimum atomic E-state index is 0. The van der Waals surface area contributed by atoms with Crippen molar-refractivity contribution in [3.05, 3.63) is 0 Å². The van der Waals surface area contributed by atoms with Gasteiger partial charge in [0.15, 0.2) is 5.96 Å². The first kappa shape index (κ1) is 22.5. The van der Waals surface area contributed by atoms with Crippen molar-refractivity contribution in [2.45, 2.75) is 71.3 Å². The lowest BCUT2D eigenvalue weighted by molar-refractivity contribution is -0.127. The fourth-order valence-corrected chi connectivity index (χ4v) is 3.87. The first-order valence-corrected chi connectivity index (χ1v) is 9.63. The van der Waals surface area contributed by atoms with Gasteiger partial charge in [0.2, 0.25) is 5.91 Å². The van der Waals surface area contributed by atoms with Crippen LogP contribution in [-0.2, 0) is 4.79 Å². The number of carbonyl (C=O) groups excluding carboxylic acids is 1. The molecule has 0 aromatic heterocycles. The maximum Gasteiger partial charge on any atom is 0.243 e. The molecule has 0 spiro atoms. The topological polar surface area (TPSA) is 56.7 Å². The number of amides is 1. The minimum Gasteiger partial charge on any atom is -0.356 e. The monoisotopic (exact) mass is 464 g/mol. The minimum absolute atomic E-state index is 0. The van der Waals surface area contributed by atoms with Crippen LogP contribution in [-0.4, -0.2) is 50.0 Å². The predicted molar refractivity (Wildman–Crippen MR) is 116 cm³/mol. The molecule has 5 nitrogen and oxygen atoms in total. The number of carbonyl (C=O) groups is 1. The SMILES string of the molecule is CN(C)C(=O)CN=C(NCC(C)(C)C1CCCC1)NC1CCCC1.I. The predicted octanol–water partition coefficient (Wildman–Crippen LogP) is 3.39. The van der Waals surface area contributed by atoms with Crippen LogP contribution in [0.1, 0.15) is 65.2 Å².